The molecule has 0 spiro atoms. The molecule has 12 heteroatoms. The summed E-state index contributed by atoms with van der Waals surface area (Å²) < 4.78 is 21.0. The predicted molar refractivity (Wildman–Crippen MR) is 186 cm³/mol. The number of Topliss-reactive ketones (excluding diaryl/α,β-unsaturated/α-hetero) is 2. The summed E-state index contributed by atoms with van der Waals surface area (Å²) in [5.74, 6) is -2.82. The van der Waals surface area contributed by atoms with Crippen LogP contribution in [0.15, 0.2) is 60.7 Å². The number of carbonyl (C=O) groups is 6. The van der Waals surface area contributed by atoms with Crippen molar-refractivity contribution < 1.29 is 47.7 Å². The topological polar surface area (TPSA) is 163 Å². The molecule has 0 aromatic heterocycles. The number of carbonyl (C=O) groups excluding carboxylic acids is 6. The lowest BCUT2D eigenvalue weighted by Gasteiger charge is -2.24. The molecule has 2 aromatic rings. The molecule has 50 heavy (non-hydrogen) atoms. The molecular weight excluding hydrogens is 644 g/mol. The van der Waals surface area contributed by atoms with Crippen molar-refractivity contribution >= 4 is 35.7 Å². The third-order valence-corrected chi connectivity index (χ3v) is 7.25. The summed E-state index contributed by atoms with van der Waals surface area (Å²) in [6.07, 6.45) is -1.27. The minimum Gasteiger partial charge on any atom is -0.469 e. The largest absolute Gasteiger partial charge is 0.469 e. The van der Waals surface area contributed by atoms with Crippen molar-refractivity contribution in [3.8, 4) is 0 Å². The molecule has 0 saturated carbocycles. The third kappa shape index (κ3) is 17.1. The van der Waals surface area contributed by atoms with Gasteiger partial charge >= 0.3 is 24.1 Å². The highest BCUT2D eigenvalue weighted by atomic mass is 16.6. The Morgan fingerprint density at radius 3 is 1.70 bits per heavy atom. The van der Waals surface area contributed by atoms with E-state index >= 15 is 0 Å². The second-order valence-corrected chi connectivity index (χ2v) is 14.0. The van der Waals surface area contributed by atoms with Crippen molar-refractivity contribution in [2.75, 3.05) is 7.11 Å². The molecule has 2 aromatic carbocycles. The second kappa shape index (κ2) is 20.1. The van der Waals surface area contributed by atoms with Crippen LogP contribution in [0.25, 0.3) is 0 Å². The van der Waals surface area contributed by atoms with E-state index in [0.29, 0.717) is 6.42 Å². The van der Waals surface area contributed by atoms with Crippen LogP contribution < -0.4 is 10.6 Å². The minimum atomic E-state index is -1.20. The second-order valence-electron chi connectivity index (χ2n) is 14.0. The molecule has 0 bridgehead atoms. The number of nitrogens with one attached hydrogen (secondary N) is 2. The fraction of sp³-hybridized carbons (Fsp3) is 0.526. The molecule has 2 amide bonds. The molecule has 0 aliphatic rings. The maximum atomic E-state index is 13.6. The summed E-state index contributed by atoms with van der Waals surface area (Å²) in [7, 11) is 1.26. The number of ether oxygens (including phenoxy) is 4. The highest BCUT2D eigenvalue weighted by Gasteiger charge is 2.31. The van der Waals surface area contributed by atoms with Crippen LogP contribution in [0.3, 0.4) is 0 Å². The summed E-state index contributed by atoms with van der Waals surface area (Å²) >= 11 is 0. The third-order valence-electron chi connectivity index (χ3n) is 7.25. The van der Waals surface area contributed by atoms with E-state index in [4.69, 9.17) is 18.9 Å². The Morgan fingerprint density at radius 1 is 0.660 bits per heavy atom. The average molecular weight is 697 g/mol. The number of methoxy groups -OCH3 is 1. The van der Waals surface area contributed by atoms with Crippen molar-refractivity contribution in [3.05, 3.63) is 71.8 Å². The van der Waals surface area contributed by atoms with Gasteiger partial charge < -0.3 is 29.6 Å². The van der Waals surface area contributed by atoms with Crippen LogP contribution in [0.4, 0.5) is 9.59 Å². The summed E-state index contributed by atoms with van der Waals surface area (Å²) in [6, 6.07) is 16.0. The Balaban J connectivity index is 2.10. The van der Waals surface area contributed by atoms with Crippen LogP contribution in [-0.4, -0.2) is 66.1 Å². The fourth-order valence-corrected chi connectivity index (χ4v) is 4.93. The van der Waals surface area contributed by atoms with E-state index in [0.717, 1.165) is 11.1 Å². The average Bonchev–Trinajstić information content (AvgIpc) is 3.03. The van der Waals surface area contributed by atoms with E-state index in [2.05, 4.69) is 10.6 Å². The SMILES string of the molecule is COC(=O)[C@H](CC(=O)[C@H](CCCCC(=O)[C@H](CC(=O)OCc1ccccc1)NC(=O)OC(C)(C)C)NC(=O)OC(C)(C)C)Cc1ccccc1. The molecule has 12 nitrogen and oxygen atoms in total. The number of alkyl carbamates (subject to hydrolysis) is 2. The Hall–Kier alpha value is -4.74. The van der Waals surface area contributed by atoms with Gasteiger partial charge in [-0.05, 0) is 71.9 Å². The summed E-state index contributed by atoms with van der Waals surface area (Å²) in [6.45, 7) is 10.1. The van der Waals surface area contributed by atoms with E-state index < -0.39 is 65.5 Å². The van der Waals surface area contributed by atoms with E-state index in [1.165, 1.54) is 7.11 Å². The molecule has 0 radical (unpaired) electrons. The van der Waals surface area contributed by atoms with Gasteiger partial charge in [0.25, 0.3) is 0 Å². The minimum absolute atomic E-state index is 0.00920. The van der Waals surface area contributed by atoms with Crippen molar-refractivity contribution in [2.45, 2.75) is 116 Å². The van der Waals surface area contributed by atoms with E-state index in [1.54, 1.807) is 53.7 Å². The van der Waals surface area contributed by atoms with Crippen molar-refractivity contribution in [1.29, 1.82) is 0 Å². The van der Waals surface area contributed by atoms with Gasteiger partial charge in [0.15, 0.2) is 11.6 Å². The first-order valence-electron chi connectivity index (χ1n) is 16.8. The van der Waals surface area contributed by atoms with Crippen LogP contribution in [0, 0.1) is 5.92 Å². The Bertz CT molecular complexity index is 1410. The zero-order chi connectivity index (χ0) is 37.3. The van der Waals surface area contributed by atoms with Gasteiger partial charge in [0.05, 0.1) is 25.5 Å². The van der Waals surface area contributed by atoms with Gasteiger partial charge in [-0.2, -0.15) is 0 Å². The normalized spacial score (nSPS) is 13.2. The molecule has 0 aliphatic carbocycles. The number of ketones is 2. The van der Waals surface area contributed by atoms with Gasteiger partial charge in [0, 0.05) is 12.8 Å². The first kappa shape index (κ1) is 41.4. The maximum absolute atomic E-state index is 13.6. The zero-order valence-electron chi connectivity index (χ0n) is 30.2. The van der Waals surface area contributed by atoms with Crippen LogP contribution in [-0.2, 0) is 51.2 Å². The molecule has 0 heterocycles. The van der Waals surface area contributed by atoms with E-state index in [-0.39, 0.29) is 44.5 Å². The Kier molecular flexibility index (Phi) is 16.6. The maximum Gasteiger partial charge on any atom is 0.408 e. The molecule has 2 N–H and O–H groups in total. The van der Waals surface area contributed by atoms with Gasteiger partial charge in [-0.3, -0.25) is 19.2 Å². The smallest absolute Gasteiger partial charge is 0.408 e. The predicted octanol–water partition coefficient (Wildman–Crippen LogP) is 6.03. The summed E-state index contributed by atoms with van der Waals surface area (Å²) in [4.78, 5) is 77.4. The lowest BCUT2D eigenvalue weighted by atomic mass is 9.90. The Morgan fingerprint density at radius 2 is 1.18 bits per heavy atom. The first-order chi connectivity index (χ1) is 23.5. The number of unbranched alkanes of at least 4 members (excludes halogenated alkanes) is 1. The molecule has 274 valence electrons. The number of hydrogen-bond acceptors (Lipinski definition) is 10. The monoisotopic (exact) mass is 696 g/mol. The van der Waals surface area contributed by atoms with Gasteiger partial charge in [-0.1, -0.05) is 67.1 Å². The molecule has 0 aliphatic heterocycles. The molecule has 0 fully saturated rings. The number of esters is 2. The van der Waals surface area contributed by atoms with Crippen LogP contribution >= 0.6 is 0 Å². The summed E-state index contributed by atoms with van der Waals surface area (Å²) in [5.41, 5.74) is -0.0257. The highest BCUT2D eigenvalue weighted by molar-refractivity contribution is 5.91. The quantitative estimate of drug-likeness (QED) is 0.107. The molecule has 0 unspecified atom stereocenters. The summed E-state index contributed by atoms with van der Waals surface area (Å²) in [5, 5.41) is 5.12. The van der Waals surface area contributed by atoms with Crippen molar-refractivity contribution in [2.24, 2.45) is 5.92 Å². The van der Waals surface area contributed by atoms with Crippen LogP contribution in [0.1, 0.15) is 91.2 Å². The van der Waals surface area contributed by atoms with Gasteiger partial charge in [-0.15, -0.1) is 0 Å². The molecule has 3 atom stereocenters. The van der Waals surface area contributed by atoms with E-state index in [1.807, 2.05) is 48.5 Å². The van der Waals surface area contributed by atoms with Gasteiger partial charge in [0.1, 0.15) is 23.9 Å². The molecule has 2 rings (SSSR count). The first-order valence-corrected chi connectivity index (χ1v) is 16.8. The molecular formula is C38H52N2O10. The van der Waals surface area contributed by atoms with Crippen LogP contribution in [0.2, 0.25) is 0 Å². The van der Waals surface area contributed by atoms with E-state index in [9.17, 15) is 28.8 Å². The van der Waals surface area contributed by atoms with Crippen molar-refractivity contribution in [1.82, 2.24) is 10.6 Å². The Labute approximate surface area is 295 Å². The van der Waals surface area contributed by atoms with Gasteiger partial charge in [0.2, 0.25) is 0 Å². The zero-order valence-corrected chi connectivity index (χ0v) is 30.2. The van der Waals surface area contributed by atoms with Gasteiger partial charge in [-0.25, -0.2) is 9.59 Å². The standard InChI is InChI=1S/C38H52N2O10/c1-37(2,3)49-35(45)39-29(32(42)23-28(34(44)47-7)22-26-16-10-8-11-17-26)20-14-15-21-31(41)30(40-36(46)50-38(4,5)6)24-33(43)48-25-27-18-12-9-13-19-27/h8-13,16-19,28-30H,14-15,20-25H2,1-7H3,(H,39,45)(H,40,46)/t28-,29-,30-/m0/s1. The van der Waals surface area contributed by atoms with Crippen LogP contribution in [0.5, 0.6) is 0 Å². The highest BCUT2D eigenvalue weighted by Crippen LogP contribution is 2.19. The number of rotatable bonds is 18. The number of benzene rings is 2. The fourth-order valence-electron chi connectivity index (χ4n) is 4.93. The molecule has 0 saturated heterocycles. The van der Waals surface area contributed by atoms with Crippen molar-refractivity contribution in [3.63, 3.8) is 0 Å². The lowest BCUT2D eigenvalue weighted by molar-refractivity contribution is -0.147. The number of amides is 2. The lowest BCUT2D eigenvalue weighted by Crippen LogP contribution is -2.45. The number of hydrogen-bond donors (Lipinski definition) is 2.